The summed E-state index contributed by atoms with van der Waals surface area (Å²) in [6.07, 6.45) is 4.97. The second kappa shape index (κ2) is 7.18. The highest BCUT2D eigenvalue weighted by Gasteiger charge is 2.34. The van der Waals surface area contributed by atoms with Gasteiger partial charge in [-0.1, -0.05) is 25.0 Å². The Morgan fingerprint density at radius 2 is 1.79 bits per heavy atom. The molecule has 0 aromatic heterocycles. The van der Waals surface area contributed by atoms with Crippen LogP contribution in [0.3, 0.4) is 0 Å². The van der Waals surface area contributed by atoms with Crippen molar-refractivity contribution in [3.63, 3.8) is 0 Å². The van der Waals surface area contributed by atoms with E-state index in [9.17, 15) is 9.59 Å². The van der Waals surface area contributed by atoms with Gasteiger partial charge in [-0.2, -0.15) is 0 Å². The fraction of sp³-hybridized carbons (Fsp3) is 0.579. The molecule has 24 heavy (non-hydrogen) atoms. The van der Waals surface area contributed by atoms with Crippen LogP contribution >= 0.6 is 11.8 Å². The Morgan fingerprint density at radius 3 is 2.50 bits per heavy atom. The lowest BCUT2D eigenvalue weighted by molar-refractivity contribution is -0.131. The third kappa shape index (κ3) is 3.94. The van der Waals surface area contributed by atoms with Gasteiger partial charge in [0.15, 0.2) is 0 Å². The van der Waals surface area contributed by atoms with Gasteiger partial charge in [0.25, 0.3) is 0 Å². The molecule has 0 saturated carbocycles. The summed E-state index contributed by atoms with van der Waals surface area (Å²) in [5.74, 6) is 0.116. The summed E-state index contributed by atoms with van der Waals surface area (Å²) < 4.78 is -0.159. The number of hydrogen-bond acceptors (Lipinski definition) is 3. The van der Waals surface area contributed by atoms with Crippen molar-refractivity contribution in [3.8, 4) is 0 Å². The molecule has 4 nitrogen and oxygen atoms in total. The Labute approximate surface area is 148 Å². The van der Waals surface area contributed by atoms with Gasteiger partial charge in [-0.25, -0.2) is 0 Å². The minimum Gasteiger partial charge on any atom is -0.341 e. The molecule has 3 rings (SSSR count). The average Bonchev–Trinajstić information content (AvgIpc) is 2.85. The Morgan fingerprint density at radius 1 is 1.12 bits per heavy atom. The van der Waals surface area contributed by atoms with Crippen LogP contribution in [0.25, 0.3) is 0 Å². The van der Waals surface area contributed by atoms with E-state index < -0.39 is 0 Å². The fourth-order valence-electron chi connectivity index (χ4n) is 3.42. The quantitative estimate of drug-likeness (QED) is 0.820. The molecule has 1 saturated heterocycles. The SMILES string of the molecule is CC1(C)CC(=O)N(CC(=O)N2CCCCCC2)c2ccccc2S1. The zero-order valence-corrected chi connectivity index (χ0v) is 15.4. The Kier molecular flexibility index (Phi) is 5.18. The lowest BCUT2D eigenvalue weighted by Crippen LogP contribution is -2.44. The van der Waals surface area contributed by atoms with Crippen LogP contribution in [0.2, 0.25) is 0 Å². The molecule has 0 unspecified atom stereocenters. The van der Waals surface area contributed by atoms with Crippen molar-refractivity contribution in [1.29, 1.82) is 0 Å². The predicted octanol–water partition coefficient (Wildman–Crippen LogP) is 3.70. The van der Waals surface area contributed by atoms with Gasteiger partial charge in [0, 0.05) is 29.2 Å². The van der Waals surface area contributed by atoms with Gasteiger partial charge in [-0.15, -0.1) is 11.8 Å². The van der Waals surface area contributed by atoms with E-state index in [1.165, 1.54) is 12.8 Å². The lowest BCUT2D eigenvalue weighted by atomic mass is 10.1. The number of para-hydroxylation sites is 1. The van der Waals surface area contributed by atoms with Crippen molar-refractivity contribution in [1.82, 2.24) is 4.90 Å². The first-order valence-corrected chi connectivity index (χ1v) is 9.64. The molecule has 1 aromatic carbocycles. The van der Waals surface area contributed by atoms with Crippen LogP contribution in [0.5, 0.6) is 0 Å². The molecular weight excluding hydrogens is 320 g/mol. The van der Waals surface area contributed by atoms with E-state index in [4.69, 9.17) is 0 Å². The van der Waals surface area contributed by atoms with E-state index in [0.717, 1.165) is 36.5 Å². The maximum Gasteiger partial charge on any atom is 0.242 e. The molecular formula is C19H26N2O2S. The van der Waals surface area contributed by atoms with Crippen LogP contribution in [-0.2, 0) is 9.59 Å². The molecule has 2 amide bonds. The minimum atomic E-state index is -0.159. The first kappa shape index (κ1) is 17.3. The maximum absolute atomic E-state index is 12.8. The standard InChI is InChI=1S/C19H26N2O2S/c1-19(2)13-17(22)21(15-9-5-6-10-16(15)24-19)14-18(23)20-11-7-3-4-8-12-20/h5-6,9-10H,3-4,7-8,11-14H2,1-2H3. The van der Waals surface area contributed by atoms with E-state index in [0.29, 0.717) is 6.42 Å². The van der Waals surface area contributed by atoms with Gasteiger partial charge in [0.1, 0.15) is 6.54 Å². The Balaban J connectivity index is 1.83. The van der Waals surface area contributed by atoms with Gasteiger partial charge in [-0.3, -0.25) is 9.59 Å². The first-order valence-electron chi connectivity index (χ1n) is 8.82. The number of hydrogen-bond donors (Lipinski definition) is 0. The third-order valence-electron chi connectivity index (χ3n) is 4.67. The monoisotopic (exact) mass is 346 g/mol. The summed E-state index contributed by atoms with van der Waals surface area (Å²) >= 11 is 1.72. The third-order valence-corrected chi connectivity index (χ3v) is 5.93. The van der Waals surface area contributed by atoms with Gasteiger partial charge in [0.05, 0.1) is 5.69 Å². The van der Waals surface area contributed by atoms with Gasteiger partial charge < -0.3 is 9.80 Å². The normalized spacial score (nSPS) is 21.0. The van der Waals surface area contributed by atoms with Crippen LogP contribution in [0.4, 0.5) is 5.69 Å². The number of nitrogens with zero attached hydrogens (tertiary/aromatic N) is 2. The number of carbonyl (C=O) groups excluding carboxylic acids is 2. The number of benzene rings is 1. The van der Waals surface area contributed by atoms with Crippen molar-refractivity contribution in [2.75, 3.05) is 24.5 Å². The number of rotatable bonds is 2. The molecule has 0 atom stereocenters. The largest absolute Gasteiger partial charge is 0.341 e. The molecule has 0 spiro atoms. The number of thioether (sulfide) groups is 1. The molecule has 2 aliphatic heterocycles. The summed E-state index contributed by atoms with van der Waals surface area (Å²) in [4.78, 5) is 30.3. The molecule has 0 radical (unpaired) electrons. The zero-order valence-electron chi connectivity index (χ0n) is 14.6. The highest BCUT2D eigenvalue weighted by molar-refractivity contribution is 8.00. The minimum absolute atomic E-state index is 0.0422. The van der Waals surface area contributed by atoms with Crippen molar-refractivity contribution in [2.24, 2.45) is 0 Å². The molecule has 130 valence electrons. The molecule has 1 fully saturated rings. The summed E-state index contributed by atoms with van der Waals surface area (Å²) in [6.45, 7) is 5.98. The summed E-state index contributed by atoms with van der Waals surface area (Å²) in [5, 5.41) is 0. The fourth-order valence-corrected chi connectivity index (χ4v) is 4.64. The molecule has 0 N–H and O–H groups in total. The van der Waals surface area contributed by atoms with E-state index in [-0.39, 0.29) is 23.1 Å². The topological polar surface area (TPSA) is 40.6 Å². The molecule has 0 bridgehead atoms. The number of amides is 2. The van der Waals surface area contributed by atoms with E-state index >= 15 is 0 Å². The van der Waals surface area contributed by atoms with Crippen LogP contribution in [0.1, 0.15) is 46.0 Å². The predicted molar refractivity (Wildman–Crippen MR) is 98.4 cm³/mol. The Hall–Kier alpha value is -1.49. The Bertz CT molecular complexity index is 622. The smallest absolute Gasteiger partial charge is 0.242 e. The first-order chi connectivity index (χ1) is 11.5. The molecule has 1 aromatic rings. The van der Waals surface area contributed by atoms with Crippen molar-refractivity contribution in [3.05, 3.63) is 24.3 Å². The highest BCUT2D eigenvalue weighted by Crippen LogP contribution is 2.43. The second-order valence-electron chi connectivity index (χ2n) is 7.28. The zero-order chi connectivity index (χ0) is 17.2. The van der Waals surface area contributed by atoms with Crippen molar-refractivity contribution in [2.45, 2.75) is 55.6 Å². The second-order valence-corrected chi connectivity index (χ2v) is 9.03. The maximum atomic E-state index is 12.8. The van der Waals surface area contributed by atoms with Gasteiger partial charge in [0.2, 0.25) is 11.8 Å². The average molecular weight is 346 g/mol. The number of fused-ring (bicyclic) bond motifs is 1. The van der Waals surface area contributed by atoms with Crippen LogP contribution in [-0.4, -0.2) is 41.1 Å². The number of carbonyl (C=O) groups is 2. The molecule has 2 heterocycles. The van der Waals surface area contributed by atoms with Crippen LogP contribution in [0.15, 0.2) is 29.2 Å². The van der Waals surface area contributed by atoms with Crippen LogP contribution in [0, 0.1) is 0 Å². The number of anilines is 1. The van der Waals surface area contributed by atoms with E-state index in [1.54, 1.807) is 16.7 Å². The summed E-state index contributed by atoms with van der Waals surface area (Å²) in [6, 6.07) is 7.93. The van der Waals surface area contributed by atoms with E-state index in [2.05, 4.69) is 13.8 Å². The molecule has 0 aliphatic carbocycles. The highest BCUT2D eigenvalue weighted by atomic mass is 32.2. The molecule has 2 aliphatic rings. The van der Waals surface area contributed by atoms with Gasteiger partial charge >= 0.3 is 0 Å². The van der Waals surface area contributed by atoms with Crippen LogP contribution < -0.4 is 4.90 Å². The van der Waals surface area contributed by atoms with E-state index in [1.807, 2.05) is 29.2 Å². The lowest BCUT2D eigenvalue weighted by Gasteiger charge is -2.27. The van der Waals surface area contributed by atoms with Crippen molar-refractivity contribution >= 4 is 29.3 Å². The molecule has 5 heteroatoms. The van der Waals surface area contributed by atoms with Gasteiger partial charge in [-0.05, 0) is 38.8 Å². The number of likely N-dealkylation sites (tertiary alicyclic amines) is 1. The van der Waals surface area contributed by atoms with Crippen molar-refractivity contribution < 1.29 is 9.59 Å². The summed E-state index contributed by atoms with van der Waals surface area (Å²) in [7, 11) is 0. The summed E-state index contributed by atoms with van der Waals surface area (Å²) in [5.41, 5.74) is 0.876.